The van der Waals surface area contributed by atoms with Crippen LogP contribution in [-0.2, 0) is 6.54 Å². The predicted molar refractivity (Wildman–Crippen MR) is 106 cm³/mol. The van der Waals surface area contributed by atoms with Gasteiger partial charge in [0.15, 0.2) is 5.65 Å². The highest BCUT2D eigenvalue weighted by Crippen LogP contribution is 2.22. The molecule has 0 radical (unpaired) electrons. The van der Waals surface area contributed by atoms with Crippen LogP contribution in [0.4, 0.5) is 5.95 Å². The van der Waals surface area contributed by atoms with E-state index in [2.05, 4.69) is 57.4 Å². The third kappa shape index (κ3) is 3.02. The van der Waals surface area contributed by atoms with Crippen molar-refractivity contribution in [3.05, 3.63) is 66.0 Å². The highest BCUT2D eigenvalue weighted by molar-refractivity contribution is 5.92. The lowest BCUT2D eigenvalue weighted by atomic mass is 10.2. The molecule has 6 nitrogen and oxygen atoms in total. The van der Waals surface area contributed by atoms with Crippen molar-refractivity contribution in [2.75, 3.05) is 31.1 Å². The minimum atomic E-state index is 0.780. The zero-order chi connectivity index (χ0) is 18.2. The first-order chi connectivity index (χ1) is 13.3. The van der Waals surface area contributed by atoms with Crippen LogP contribution in [0.1, 0.15) is 11.4 Å². The average molecular weight is 359 g/mol. The molecule has 2 aromatic carbocycles. The first-order valence-electron chi connectivity index (χ1n) is 9.52. The number of benzene rings is 2. The molecule has 1 saturated heterocycles. The van der Waals surface area contributed by atoms with Crippen molar-refractivity contribution in [3.8, 4) is 0 Å². The molecule has 1 N–H and O–H groups in total. The van der Waals surface area contributed by atoms with Crippen molar-refractivity contribution >= 4 is 22.5 Å². The van der Waals surface area contributed by atoms with E-state index < -0.39 is 0 Å². The summed E-state index contributed by atoms with van der Waals surface area (Å²) in [5.74, 6) is 1.69. The van der Waals surface area contributed by atoms with Crippen LogP contribution in [0.3, 0.4) is 0 Å². The van der Waals surface area contributed by atoms with Gasteiger partial charge >= 0.3 is 0 Å². The standard InChI is InChI=1S/C21H22N6/c1-16-22-20-18-9-5-6-10-19(18)23-21(27(20)24-16)26-13-11-25(12-14-26)15-17-7-3-2-4-8-17/h2-10H,11-15H2,1H3/p+1. The smallest absolute Gasteiger partial charge is 0.229 e. The van der Waals surface area contributed by atoms with Crippen LogP contribution in [0.15, 0.2) is 54.6 Å². The number of nitrogens with one attached hydrogen (secondary N) is 1. The Balaban J connectivity index is 1.42. The Hall–Kier alpha value is -2.99. The maximum absolute atomic E-state index is 4.93. The number of quaternary nitrogens is 1. The van der Waals surface area contributed by atoms with E-state index in [0.29, 0.717) is 0 Å². The molecule has 1 aliphatic rings. The van der Waals surface area contributed by atoms with Crippen LogP contribution in [-0.4, -0.2) is 45.8 Å². The largest absolute Gasteiger partial charge is 0.329 e. The van der Waals surface area contributed by atoms with E-state index in [1.54, 1.807) is 4.90 Å². The van der Waals surface area contributed by atoms with Gasteiger partial charge < -0.3 is 9.80 Å². The Bertz CT molecular complexity index is 1080. The maximum Gasteiger partial charge on any atom is 0.229 e. The van der Waals surface area contributed by atoms with E-state index in [9.17, 15) is 0 Å². The number of rotatable bonds is 3. The SMILES string of the molecule is Cc1nc2c3ccccc3nc(N3CC[NH+](Cc4ccccc4)CC3)n2n1. The Morgan fingerprint density at radius 3 is 2.48 bits per heavy atom. The first kappa shape index (κ1) is 16.2. The molecule has 0 aliphatic carbocycles. The second-order valence-electron chi connectivity index (χ2n) is 7.22. The summed E-state index contributed by atoms with van der Waals surface area (Å²) in [7, 11) is 0. The van der Waals surface area contributed by atoms with Crippen molar-refractivity contribution in [3.63, 3.8) is 0 Å². The molecular weight excluding hydrogens is 336 g/mol. The molecule has 0 spiro atoms. The normalized spacial score (nSPS) is 15.7. The lowest BCUT2D eigenvalue weighted by molar-refractivity contribution is -0.914. The summed E-state index contributed by atoms with van der Waals surface area (Å²) in [5.41, 5.74) is 3.28. The van der Waals surface area contributed by atoms with Gasteiger partial charge in [-0.3, -0.25) is 0 Å². The van der Waals surface area contributed by atoms with Gasteiger partial charge in [0.1, 0.15) is 12.4 Å². The molecular formula is C21H23N6+. The van der Waals surface area contributed by atoms with E-state index in [4.69, 9.17) is 4.98 Å². The lowest BCUT2D eigenvalue weighted by Crippen LogP contribution is -3.13. The predicted octanol–water partition coefficient (Wildman–Crippen LogP) is 1.49. The first-order valence-corrected chi connectivity index (χ1v) is 9.52. The number of hydrogen-bond donors (Lipinski definition) is 1. The lowest BCUT2D eigenvalue weighted by Gasteiger charge is -2.32. The molecule has 6 heteroatoms. The number of anilines is 1. The maximum atomic E-state index is 4.93. The number of fused-ring (bicyclic) bond motifs is 3. The summed E-state index contributed by atoms with van der Waals surface area (Å²) < 4.78 is 1.92. The summed E-state index contributed by atoms with van der Waals surface area (Å²) in [5, 5.41) is 5.67. The van der Waals surface area contributed by atoms with Crippen molar-refractivity contribution in [1.82, 2.24) is 19.6 Å². The summed E-state index contributed by atoms with van der Waals surface area (Å²) in [4.78, 5) is 13.5. The van der Waals surface area contributed by atoms with Crippen molar-refractivity contribution in [2.45, 2.75) is 13.5 Å². The fourth-order valence-corrected chi connectivity index (χ4v) is 3.93. The van der Waals surface area contributed by atoms with Gasteiger partial charge in [0, 0.05) is 10.9 Å². The number of aromatic nitrogens is 4. The number of hydrogen-bond acceptors (Lipinski definition) is 4. The zero-order valence-electron chi connectivity index (χ0n) is 15.5. The van der Waals surface area contributed by atoms with Gasteiger partial charge in [0.25, 0.3) is 0 Å². The molecule has 3 heterocycles. The van der Waals surface area contributed by atoms with Crippen molar-refractivity contribution < 1.29 is 4.90 Å². The molecule has 0 atom stereocenters. The van der Waals surface area contributed by atoms with Gasteiger partial charge in [-0.2, -0.15) is 4.52 Å². The average Bonchev–Trinajstić information content (AvgIpc) is 3.10. The molecule has 1 fully saturated rings. The van der Waals surface area contributed by atoms with Crippen molar-refractivity contribution in [1.29, 1.82) is 0 Å². The van der Waals surface area contributed by atoms with Crippen LogP contribution < -0.4 is 9.80 Å². The highest BCUT2D eigenvalue weighted by atomic mass is 15.4. The highest BCUT2D eigenvalue weighted by Gasteiger charge is 2.24. The van der Waals surface area contributed by atoms with Gasteiger partial charge in [-0.15, -0.1) is 5.10 Å². The van der Waals surface area contributed by atoms with Gasteiger partial charge in [-0.25, -0.2) is 9.97 Å². The molecule has 1 aliphatic heterocycles. The Morgan fingerprint density at radius 2 is 1.67 bits per heavy atom. The van der Waals surface area contributed by atoms with Gasteiger partial charge in [-0.05, 0) is 19.1 Å². The van der Waals surface area contributed by atoms with Crippen LogP contribution in [0, 0.1) is 6.92 Å². The van der Waals surface area contributed by atoms with Crippen LogP contribution in [0.25, 0.3) is 16.6 Å². The van der Waals surface area contributed by atoms with Gasteiger partial charge in [-0.1, -0.05) is 42.5 Å². The topological polar surface area (TPSA) is 50.8 Å². The number of nitrogens with zero attached hydrogens (tertiary/aromatic N) is 5. The zero-order valence-corrected chi connectivity index (χ0v) is 15.5. The molecule has 5 rings (SSSR count). The quantitative estimate of drug-likeness (QED) is 0.602. The number of aryl methyl sites for hydroxylation is 1. The van der Waals surface area contributed by atoms with Crippen molar-refractivity contribution in [2.24, 2.45) is 0 Å². The molecule has 0 bridgehead atoms. The minimum absolute atomic E-state index is 0.780. The van der Waals surface area contributed by atoms with Crippen LogP contribution in [0.5, 0.6) is 0 Å². The second kappa shape index (κ2) is 6.63. The molecule has 0 amide bonds. The third-order valence-electron chi connectivity index (χ3n) is 5.32. The number of para-hydroxylation sites is 1. The second-order valence-corrected chi connectivity index (χ2v) is 7.22. The van der Waals surface area contributed by atoms with Gasteiger partial charge in [0.05, 0.1) is 31.7 Å². The molecule has 27 heavy (non-hydrogen) atoms. The molecule has 0 unspecified atom stereocenters. The molecule has 0 saturated carbocycles. The Kier molecular flexibility index (Phi) is 3.98. The summed E-state index contributed by atoms with van der Waals surface area (Å²) in [6.07, 6.45) is 0. The van der Waals surface area contributed by atoms with Crippen LogP contribution in [0.2, 0.25) is 0 Å². The monoisotopic (exact) mass is 359 g/mol. The Morgan fingerprint density at radius 1 is 0.926 bits per heavy atom. The summed E-state index contributed by atoms with van der Waals surface area (Å²) in [6, 6.07) is 18.9. The van der Waals surface area contributed by atoms with E-state index in [1.807, 2.05) is 23.6 Å². The fourth-order valence-electron chi connectivity index (χ4n) is 3.93. The Labute approximate surface area is 158 Å². The molecule has 136 valence electrons. The summed E-state index contributed by atoms with van der Waals surface area (Å²) in [6.45, 7) is 7.16. The summed E-state index contributed by atoms with van der Waals surface area (Å²) >= 11 is 0. The van der Waals surface area contributed by atoms with Crippen LogP contribution >= 0.6 is 0 Å². The third-order valence-corrected chi connectivity index (χ3v) is 5.32. The minimum Gasteiger partial charge on any atom is -0.329 e. The molecule has 4 aromatic rings. The van der Waals surface area contributed by atoms with E-state index >= 15 is 0 Å². The molecule has 2 aromatic heterocycles. The van der Waals surface area contributed by atoms with E-state index in [0.717, 1.165) is 61.0 Å². The van der Waals surface area contributed by atoms with E-state index in [-0.39, 0.29) is 0 Å². The number of piperazine rings is 1. The fraction of sp³-hybridized carbons (Fsp3) is 0.286. The van der Waals surface area contributed by atoms with E-state index in [1.165, 1.54) is 5.56 Å². The van der Waals surface area contributed by atoms with Gasteiger partial charge in [0.2, 0.25) is 5.95 Å².